The average molecular weight is 336 g/mol. The first-order valence-corrected chi connectivity index (χ1v) is 7.06. The molecule has 1 atom stereocenters. The van der Waals surface area contributed by atoms with Crippen molar-refractivity contribution < 1.29 is 9.47 Å². The Balaban J connectivity index is 2.52. The van der Waals surface area contributed by atoms with Gasteiger partial charge in [0.15, 0.2) is 11.5 Å². The van der Waals surface area contributed by atoms with Crippen LogP contribution in [0.15, 0.2) is 46.9 Å². The number of ether oxygens (including phenoxy) is 2. The topological polar surface area (TPSA) is 44.5 Å². The molecule has 0 aliphatic carbocycles. The molecule has 2 rings (SSSR count). The SMILES string of the molecule is COc1ccc(C(C)(N)c2ccccc2Br)cc1OC. The van der Waals surface area contributed by atoms with Gasteiger partial charge in [-0.2, -0.15) is 0 Å². The van der Waals surface area contributed by atoms with Gasteiger partial charge in [0.25, 0.3) is 0 Å². The Bertz CT molecular complexity index is 611. The third kappa shape index (κ3) is 2.67. The van der Waals surface area contributed by atoms with E-state index in [4.69, 9.17) is 15.2 Å². The average Bonchev–Trinajstić information content (AvgIpc) is 2.46. The minimum absolute atomic E-state index is 0.625. The summed E-state index contributed by atoms with van der Waals surface area (Å²) in [5.41, 5.74) is 7.90. The molecule has 0 fully saturated rings. The second kappa shape index (κ2) is 5.85. The lowest BCUT2D eigenvalue weighted by molar-refractivity contribution is 0.353. The molecule has 3 nitrogen and oxygen atoms in total. The van der Waals surface area contributed by atoms with Crippen molar-refractivity contribution >= 4 is 15.9 Å². The Kier molecular flexibility index (Phi) is 4.35. The van der Waals surface area contributed by atoms with Crippen molar-refractivity contribution in [3.63, 3.8) is 0 Å². The molecule has 20 heavy (non-hydrogen) atoms. The maximum absolute atomic E-state index is 6.55. The monoisotopic (exact) mass is 335 g/mol. The minimum Gasteiger partial charge on any atom is -0.493 e. The van der Waals surface area contributed by atoms with Crippen LogP contribution in [0.5, 0.6) is 11.5 Å². The van der Waals surface area contributed by atoms with Gasteiger partial charge in [0.1, 0.15) is 0 Å². The predicted octanol–water partition coefficient (Wildman–Crippen LogP) is 3.69. The van der Waals surface area contributed by atoms with E-state index in [1.165, 1.54) is 0 Å². The van der Waals surface area contributed by atoms with Gasteiger partial charge in [-0.25, -0.2) is 0 Å². The third-order valence-electron chi connectivity index (χ3n) is 3.42. The van der Waals surface area contributed by atoms with E-state index in [0.29, 0.717) is 11.5 Å². The summed E-state index contributed by atoms with van der Waals surface area (Å²) >= 11 is 3.56. The first kappa shape index (κ1) is 14.9. The Morgan fingerprint density at radius 2 is 1.65 bits per heavy atom. The summed E-state index contributed by atoms with van der Waals surface area (Å²) in [4.78, 5) is 0. The molecule has 0 radical (unpaired) electrons. The van der Waals surface area contributed by atoms with Crippen LogP contribution in [0.3, 0.4) is 0 Å². The molecule has 2 N–H and O–H groups in total. The summed E-state index contributed by atoms with van der Waals surface area (Å²) in [6.07, 6.45) is 0. The van der Waals surface area contributed by atoms with E-state index >= 15 is 0 Å². The largest absolute Gasteiger partial charge is 0.493 e. The summed E-state index contributed by atoms with van der Waals surface area (Å²) in [5, 5.41) is 0. The molecule has 2 aromatic carbocycles. The zero-order valence-electron chi connectivity index (χ0n) is 11.8. The van der Waals surface area contributed by atoms with E-state index in [2.05, 4.69) is 15.9 Å². The maximum atomic E-state index is 6.55. The standard InChI is InChI=1S/C16H18BrNO2/c1-16(18,12-6-4-5-7-13(12)17)11-8-9-14(19-2)15(10-11)20-3/h4-10H,18H2,1-3H3. The van der Waals surface area contributed by atoms with Gasteiger partial charge in [-0.1, -0.05) is 40.2 Å². The lowest BCUT2D eigenvalue weighted by atomic mass is 9.85. The van der Waals surface area contributed by atoms with Crippen LogP contribution in [0.4, 0.5) is 0 Å². The minimum atomic E-state index is -0.625. The van der Waals surface area contributed by atoms with Gasteiger partial charge in [-0.15, -0.1) is 0 Å². The van der Waals surface area contributed by atoms with Crippen LogP contribution in [0.1, 0.15) is 18.1 Å². The van der Waals surface area contributed by atoms with Crippen LogP contribution in [-0.4, -0.2) is 14.2 Å². The molecular formula is C16H18BrNO2. The summed E-state index contributed by atoms with van der Waals surface area (Å²) < 4.78 is 11.6. The molecule has 0 aromatic heterocycles. The number of halogens is 1. The quantitative estimate of drug-likeness (QED) is 0.926. The van der Waals surface area contributed by atoms with Gasteiger partial charge in [0.05, 0.1) is 19.8 Å². The number of methoxy groups -OCH3 is 2. The molecule has 0 amide bonds. The van der Waals surface area contributed by atoms with E-state index in [1.54, 1.807) is 14.2 Å². The second-order valence-electron chi connectivity index (χ2n) is 4.75. The number of hydrogen-bond acceptors (Lipinski definition) is 3. The highest BCUT2D eigenvalue weighted by atomic mass is 79.9. The first-order valence-electron chi connectivity index (χ1n) is 6.27. The number of rotatable bonds is 4. The lowest BCUT2D eigenvalue weighted by Gasteiger charge is -2.27. The van der Waals surface area contributed by atoms with Crippen molar-refractivity contribution in [3.05, 3.63) is 58.1 Å². The predicted molar refractivity (Wildman–Crippen MR) is 84.3 cm³/mol. The molecule has 0 spiro atoms. The van der Waals surface area contributed by atoms with E-state index < -0.39 is 5.54 Å². The van der Waals surface area contributed by atoms with Gasteiger partial charge in [0, 0.05) is 4.47 Å². The molecule has 0 saturated heterocycles. The molecule has 0 heterocycles. The van der Waals surface area contributed by atoms with Gasteiger partial charge in [0.2, 0.25) is 0 Å². The molecular weight excluding hydrogens is 318 g/mol. The number of benzene rings is 2. The fourth-order valence-corrected chi connectivity index (χ4v) is 2.89. The molecule has 0 aliphatic heterocycles. The van der Waals surface area contributed by atoms with Crippen LogP contribution in [0.2, 0.25) is 0 Å². The normalized spacial score (nSPS) is 13.7. The van der Waals surface area contributed by atoms with Crippen LogP contribution >= 0.6 is 15.9 Å². The molecule has 106 valence electrons. The Labute approximate surface area is 127 Å². The fraction of sp³-hybridized carbons (Fsp3) is 0.250. The van der Waals surface area contributed by atoms with Crippen molar-refractivity contribution in [1.29, 1.82) is 0 Å². The van der Waals surface area contributed by atoms with Crippen LogP contribution in [0, 0.1) is 0 Å². The van der Waals surface area contributed by atoms with E-state index in [0.717, 1.165) is 15.6 Å². The fourth-order valence-electron chi connectivity index (χ4n) is 2.20. The first-order chi connectivity index (χ1) is 9.50. The Morgan fingerprint density at radius 1 is 1.00 bits per heavy atom. The summed E-state index contributed by atoms with van der Waals surface area (Å²) in [6.45, 7) is 1.98. The summed E-state index contributed by atoms with van der Waals surface area (Å²) in [7, 11) is 3.24. The van der Waals surface area contributed by atoms with Gasteiger partial charge in [-0.05, 0) is 36.2 Å². The maximum Gasteiger partial charge on any atom is 0.161 e. The van der Waals surface area contributed by atoms with Crippen LogP contribution < -0.4 is 15.2 Å². The Hall–Kier alpha value is -1.52. The van der Waals surface area contributed by atoms with Gasteiger partial charge >= 0.3 is 0 Å². The zero-order valence-corrected chi connectivity index (χ0v) is 13.4. The van der Waals surface area contributed by atoms with Crippen molar-refractivity contribution in [2.45, 2.75) is 12.5 Å². The van der Waals surface area contributed by atoms with Crippen molar-refractivity contribution in [3.8, 4) is 11.5 Å². The highest BCUT2D eigenvalue weighted by Crippen LogP contribution is 2.36. The van der Waals surface area contributed by atoms with Gasteiger partial charge < -0.3 is 15.2 Å². The van der Waals surface area contributed by atoms with Gasteiger partial charge in [-0.3, -0.25) is 0 Å². The number of hydrogen-bond donors (Lipinski definition) is 1. The van der Waals surface area contributed by atoms with E-state index in [1.807, 2.05) is 49.4 Å². The van der Waals surface area contributed by atoms with Crippen LogP contribution in [-0.2, 0) is 5.54 Å². The molecule has 2 aromatic rings. The van der Waals surface area contributed by atoms with E-state index in [9.17, 15) is 0 Å². The van der Waals surface area contributed by atoms with E-state index in [-0.39, 0.29) is 0 Å². The van der Waals surface area contributed by atoms with Crippen molar-refractivity contribution in [2.24, 2.45) is 5.73 Å². The molecule has 0 saturated carbocycles. The van der Waals surface area contributed by atoms with Crippen LogP contribution in [0.25, 0.3) is 0 Å². The zero-order chi connectivity index (χ0) is 14.8. The smallest absolute Gasteiger partial charge is 0.161 e. The number of nitrogens with two attached hydrogens (primary N) is 1. The van der Waals surface area contributed by atoms with Crippen molar-refractivity contribution in [2.75, 3.05) is 14.2 Å². The molecule has 1 unspecified atom stereocenters. The highest BCUT2D eigenvalue weighted by Gasteiger charge is 2.26. The Morgan fingerprint density at radius 3 is 2.25 bits per heavy atom. The third-order valence-corrected chi connectivity index (χ3v) is 4.11. The second-order valence-corrected chi connectivity index (χ2v) is 5.61. The highest BCUT2D eigenvalue weighted by molar-refractivity contribution is 9.10. The summed E-state index contributed by atoms with van der Waals surface area (Å²) in [5.74, 6) is 1.37. The molecule has 4 heteroatoms. The van der Waals surface area contributed by atoms with Crippen molar-refractivity contribution in [1.82, 2.24) is 0 Å². The summed E-state index contributed by atoms with van der Waals surface area (Å²) in [6, 6.07) is 13.7. The lowest BCUT2D eigenvalue weighted by Crippen LogP contribution is -2.34. The molecule has 0 bridgehead atoms. The molecule has 0 aliphatic rings.